The van der Waals surface area contributed by atoms with Crippen molar-refractivity contribution in [3.63, 3.8) is 0 Å². The van der Waals surface area contributed by atoms with Gasteiger partial charge in [0.1, 0.15) is 18.4 Å². The number of amidine groups is 1. The van der Waals surface area contributed by atoms with Crippen molar-refractivity contribution in [1.29, 1.82) is 0 Å². The van der Waals surface area contributed by atoms with E-state index in [1.54, 1.807) is 13.1 Å². The lowest BCUT2D eigenvalue weighted by Gasteiger charge is -2.23. The van der Waals surface area contributed by atoms with E-state index in [1.165, 1.54) is 5.56 Å². The SMILES string of the molecule is C=O.CN=C(NCC(CC(C)CCc1ccccc1)OCCNC)c1ccc(O)c(C)c1. The summed E-state index contributed by atoms with van der Waals surface area (Å²) >= 11 is 0. The van der Waals surface area contributed by atoms with Gasteiger partial charge < -0.3 is 25.3 Å². The number of phenolic OH excluding ortho intramolecular Hbond substituents is 1. The number of aliphatic imine (C=N–C) groups is 1. The van der Waals surface area contributed by atoms with Crippen molar-refractivity contribution in [1.82, 2.24) is 10.6 Å². The van der Waals surface area contributed by atoms with Gasteiger partial charge in [0.05, 0.1) is 12.7 Å². The molecule has 2 atom stereocenters. The molecule has 0 amide bonds. The molecule has 0 aliphatic carbocycles. The maximum atomic E-state index is 9.78. The van der Waals surface area contributed by atoms with Gasteiger partial charge in [-0.15, -0.1) is 0 Å². The first kappa shape index (κ1) is 27.3. The Kier molecular flexibility index (Phi) is 13.7. The van der Waals surface area contributed by atoms with E-state index >= 15 is 0 Å². The van der Waals surface area contributed by atoms with Crippen LogP contribution in [0.15, 0.2) is 53.5 Å². The van der Waals surface area contributed by atoms with Crippen LogP contribution in [0.3, 0.4) is 0 Å². The highest BCUT2D eigenvalue weighted by Crippen LogP contribution is 2.18. The highest BCUT2D eigenvalue weighted by atomic mass is 16.5. The number of nitrogens with one attached hydrogen (secondary N) is 2. The maximum Gasteiger partial charge on any atom is 0.128 e. The second kappa shape index (κ2) is 16.0. The van der Waals surface area contributed by atoms with Crippen LogP contribution in [0.2, 0.25) is 0 Å². The van der Waals surface area contributed by atoms with E-state index in [1.807, 2.05) is 32.9 Å². The average Bonchev–Trinajstić information content (AvgIpc) is 2.82. The van der Waals surface area contributed by atoms with Gasteiger partial charge in [-0.2, -0.15) is 0 Å². The molecule has 0 aliphatic heterocycles. The molecule has 2 rings (SSSR count). The standard InChI is InChI=1S/C25H37N3O2.CH2O/c1-19(10-11-21-8-6-5-7-9-21)16-23(30-15-14-26-3)18-28-25(27-4)22-12-13-24(29)20(2)17-22;1-2/h5-9,12-13,17,19,23,26,29H,10-11,14-16,18H2,1-4H3,(H,27,28);1H2. The molecule has 6 nitrogen and oxygen atoms in total. The van der Waals surface area contributed by atoms with Gasteiger partial charge in [-0.25, -0.2) is 0 Å². The Morgan fingerprint density at radius 1 is 1.19 bits per heavy atom. The number of likely N-dealkylation sites (N-methyl/N-ethyl adjacent to an activating group) is 1. The zero-order valence-electron chi connectivity index (χ0n) is 19.9. The Bertz CT molecular complexity index is 796. The number of aryl methyl sites for hydroxylation is 2. The number of rotatable bonds is 12. The van der Waals surface area contributed by atoms with Gasteiger partial charge in [-0.05, 0) is 68.5 Å². The molecule has 0 radical (unpaired) electrons. The van der Waals surface area contributed by atoms with Crippen LogP contribution < -0.4 is 10.6 Å². The normalized spacial score (nSPS) is 13.1. The molecule has 3 N–H and O–H groups in total. The van der Waals surface area contributed by atoms with Crippen molar-refractivity contribution in [2.45, 2.75) is 39.2 Å². The number of ether oxygens (including phenoxy) is 1. The number of benzene rings is 2. The quantitative estimate of drug-likeness (QED) is 0.265. The molecule has 0 bridgehead atoms. The molecule has 2 aromatic carbocycles. The Morgan fingerprint density at radius 3 is 2.53 bits per heavy atom. The summed E-state index contributed by atoms with van der Waals surface area (Å²) in [5.41, 5.74) is 3.20. The molecule has 0 saturated carbocycles. The van der Waals surface area contributed by atoms with Crippen LogP contribution in [0, 0.1) is 12.8 Å². The summed E-state index contributed by atoms with van der Waals surface area (Å²) in [6.45, 7) is 8.41. The highest BCUT2D eigenvalue weighted by molar-refractivity contribution is 5.99. The highest BCUT2D eigenvalue weighted by Gasteiger charge is 2.16. The third kappa shape index (κ3) is 10.1. The average molecular weight is 442 g/mol. The summed E-state index contributed by atoms with van der Waals surface area (Å²) in [7, 11) is 3.72. The van der Waals surface area contributed by atoms with Crippen LogP contribution in [-0.2, 0) is 16.0 Å². The van der Waals surface area contributed by atoms with Crippen molar-refractivity contribution in [3.8, 4) is 5.75 Å². The fourth-order valence-electron chi connectivity index (χ4n) is 3.49. The first-order valence-electron chi connectivity index (χ1n) is 11.1. The van der Waals surface area contributed by atoms with E-state index in [4.69, 9.17) is 9.53 Å². The summed E-state index contributed by atoms with van der Waals surface area (Å²) in [6.07, 6.45) is 3.34. The minimum atomic E-state index is 0.110. The fraction of sp³-hybridized carbons (Fsp3) is 0.462. The largest absolute Gasteiger partial charge is 0.508 e. The Morgan fingerprint density at radius 2 is 1.91 bits per heavy atom. The zero-order chi connectivity index (χ0) is 23.8. The monoisotopic (exact) mass is 441 g/mol. The first-order chi connectivity index (χ1) is 15.5. The molecule has 32 heavy (non-hydrogen) atoms. The lowest BCUT2D eigenvalue weighted by molar-refractivity contribution is -0.0980. The smallest absolute Gasteiger partial charge is 0.128 e. The number of hydrogen-bond donors (Lipinski definition) is 3. The predicted octanol–water partition coefficient (Wildman–Crippen LogP) is 3.75. The maximum absolute atomic E-state index is 9.78. The van der Waals surface area contributed by atoms with E-state index in [0.717, 1.165) is 42.8 Å². The molecule has 6 heteroatoms. The molecule has 0 heterocycles. The number of phenols is 1. The molecule has 0 spiro atoms. The van der Waals surface area contributed by atoms with Crippen molar-refractivity contribution in [2.75, 3.05) is 33.8 Å². The topological polar surface area (TPSA) is 83.0 Å². The number of nitrogens with zero attached hydrogens (tertiary/aromatic N) is 1. The molecular formula is C26H39N3O3. The van der Waals surface area contributed by atoms with Crippen LogP contribution >= 0.6 is 0 Å². The zero-order valence-corrected chi connectivity index (χ0v) is 19.9. The van der Waals surface area contributed by atoms with Crippen molar-refractivity contribution < 1.29 is 14.6 Å². The van der Waals surface area contributed by atoms with E-state index in [0.29, 0.717) is 24.8 Å². The summed E-state index contributed by atoms with van der Waals surface area (Å²) in [6, 6.07) is 16.2. The lowest BCUT2D eigenvalue weighted by Crippen LogP contribution is -2.36. The van der Waals surface area contributed by atoms with E-state index in [2.05, 4.69) is 52.9 Å². The number of carbonyl (C=O) groups is 1. The summed E-state index contributed by atoms with van der Waals surface area (Å²) in [5.74, 6) is 1.68. The molecule has 0 aliphatic rings. The molecule has 176 valence electrons. The minimum absolute atomic E-state index is 0.110. The molecule has 2 unspecified atom stereocenters. The van der Waals surface area contributed by atoms with Gasteiger partial charge in [0, 0.05) is 25.7 Å². The second-order valence-corrected chi connectivity index (χ2v) is 7.92. The minimum Gasteiger partial charge on any atom is -0.508 e. The third-order valence-electron chi connectivity index (χ3n) is 5.33. The second-order valence-electron chi connectivity index (χ2n) is 7.92. The summed E-state index contributed by atoms with van der Waals surface area (Å²) in [5, 5.41) is 16.4. The van der Waals surface area contributed by atoms with Crippen LogP contribution in [-0.4, -0.2) is 57.6 Å². The van der Waals surface area contributed by atoms with E-state index in [9.17, 15) is 5.11 Å². The van der Waals surface area contributed by atoms with Gasteiger partial charge in [0.25, 0.3) is 0 Å². The molecule has 0 fully saturated rings. The predicted molar refractivity (Wildman–Crippen MR) is 133 cm³/mol. The van der Waals surface area contributed by atoms with Crippen LogP contribution in [0.4, 0.5) is 0 Å². The van der Waals surface area contributed by atoms with Crippen LogP contribution in [0.5, 0.6) is 5.75 Å². The van der Waals surface area contributed by atoms with Crippen molar-refractivity contribution in [3.05, 3.63) is 65.2 Å². The van der Waals surface area contributed by atoms with E-state index < -0.39 is 0 Å². The van der Waals surface area contributed by atoms with Gasteiger partial charge >= 0.3 is 0 Å². The number of carbonyl (C=O) groups excluding carboxylic acids is 1. The Hall–Kier alpha value is -2.70. The summed E-state index contributed by atoms with van der Waals surface area (Å²) < 4.78 is 6.16. The van der Waals surface area contributed by atoms with E-state index in [-0.39, 0.29) is 6.10 Å². The molecule has 0 aromatic heterocycles. The van der Waals surface area contributed by atoms with Gasteiger partial charge in [-0.3, -0.25) is 4.99 Å². The number of hydrogen-bond acceptors (Lipinski definition) is 5. The molecule has 0 saturated heterocycles. The molecule has 2 aromatic rings. The molecular weight excluding hydrogens is 402 g/mol. The van der Waals surface area contributed by atoms with Crippen molar-refractivity contribution >= 4 is 12.6 Å². The fourth-order valence-corrected chi connectivity index (χ4v) is 3.49. The van der Waals surface area contributed by atoms with Gasteiger partial charge in [0.2, 0.25) is 0 Å². The van der Waals surface area contributed by atoms with Crippen molar-refractivity contribution in [2.24, 2.45) is 10.9 Å². The first-order valence-corrected chi connectivity index (χ1v) is 11.1. The summed E-state index contributed by atoms with van der Waals surface area (Å²) in [4.78, 5) is 12.4. The Balaban J connectivity index is 0.00000249. The lowest BCUT2D eigenvalue weighted by atomic mass is 9.95. The van der Waals surface area contributed by atoms with Crippen LogP contribution in [0.1, 0.15) is 36.5 Å². The third-order valence-corrected chi connectivity index (χ3v) is 5.33. The Labute approximate surface area is 193 Å². The number of aromatic hydroxyl groups is 1. The van der Waals surface area contributed by atoms with Gasteiger partial charge in [-0.1, -0.05) is 37.3 Å². The van der Waals surface area contributed by atoms with Gasteiger partial charge in [0.15, 0.2) is 0 Å². The van der Waals surface area contributed by atoms with Crippen LogP contribution in [0.25, 0.3) is 0 Å².